The van der Waals surface area contributed by atoms with Crippen LogP contribution in [0.2, 0.25) is 0 Å². The molecular formula is C18H23NO2. The molecule has 1 unspecified atom stereocenters. The van der Waals surface area contributed by atoms with E-state index in [1.165, 1.54) is 16.8 Å². The molecule has 0 saturated heterocycles. The number of methoxy groups -OCH3 is 1. The van der Waals surface area contributed by atoms with E-state index >= 15 is 0 Å². The number of aromatic hydroxyl groups is 1. The molecule has 0 amide bonds. The third-order valence-electron chi connectivity index (χ3n) is 3.88. The van der Waals surface area contributed by atoms with Crippen molar-refractivity contribution in [1.29, 1.82) is 0 Å². The predicted octanol–water partition coefficient (Wildman–Crippen LogP) is 4.22. The topological polar surface area (TPSA) is 32.7 Å². The zero-order chi connectivity index (χ0) is 15.6. The van der Waals surface area contributed by atoms with Gasteiger partial charge in [-0.2, -0.15) is 0 Å². The normalized spacial score (nSPS) is 12.0. The van der Waals surface area contributed by atoms with Gasteiger partial charge in [0.2, 0.25) is 0 Å². The van der Waals surface area contributed by atoms with Crippen molar-refractivity contribution in [2.24, 2.45) is 0 Å². The maximum absolute atomic E-state index is 9.71. The Labute approximate surface area is 126 Å². The first-order valence-corrected chi connectivity index (χ1v) is 7.10. The third-order valence-corrected chi connectivity index (χ3v) is 3.88. The fourth-order valence-corrected chi connectivity index (χ4v) is 2.56. The number of anilines is 1. The third kappa shape index (κ3) is 3.30. The Hall–Kier alpha value is -2.16. The molecule has 2 aromatic carbocycles. The zero-order valence-corrected chi connectivity index (χ0v) is 13.3. The van der Waals surface area contributed by atoms with Crippen molar-refractivity contribution in [3.63, 3.8) is 0 Å². The number of phenolic OH excluding ortho intramolecular Hbond substituents is 1. The molecule has 0 radical (unpaired) electrons. The van der Waals surface area contributed by atoms with Crippen molar-refractivity contribution in [3.05, 3.63) is 53.1 Å². The van der Waals surface area contributed by atoms with Crippen molar-refractivity contribution in [3.8, 4) is 11.5 Å². The van der Waals surface area contributed by atoms with E-state index in [2.05, 4.69) is 50.9 Å². The van der Waals surface area contributed by atoms with Crippen LogP contribution in [0.25, 0.3) is 0 Å². The first-order chi connectivity index (χ1) is 9.92. The summed E-state index contributed by atoms with van der Waals surface area (Å²) >= 11 is 0. The monoisotopic (exact) mass is 285 g/mol. The van der Waals surface area contributed by atoms with Gasteiger partial charge in [-0.15, -0.1) is 0 Å². The van der Waals surface area contributed by atoms with Gasteiger partial charge in [-0.05, 0) is 61.7 Å². The van der Waals surface area contributed by atoms with E-state index < -0.39 is 0 Å². The molecule has 2 aromatic rings. The number of phenols is 1. The van der Waals surface area contributed by atoms with Crippen LogP contribution in [0.5, 0.6) is 11.5 Å². The predicted molar refractivity (Wildman–Crippen MR) is 87.4 cm³/mol. The van der Waals surface area contributed by atoms with Gasteiger partial charge in [0.1, 0.15) is 0 Å². The van der Waals surface area contributed by atoms with Crippen LogP contribution in [-0.4, -0.2) is 19.3 Å². The molecule has 3 heteroatoms. The Morgan fingerprint density at radius 3 is 2.24 bits per heavy atom. The highest BCUT2D eigenvalue weighted by Gasteiger charge is 2.15. The van der Waals surface area contributed by atoms with Crippen LogP contribution >= 0.6 is 0 Å². The molecule has 0 aliphatic rings. The van der Waals surface area contributed by atoms with Crippen molar-refractivity contribution in [2.75, 3.05) is 19.1 Å². The van der Waals surface area contributed by atoms with Gasteiger partial charge < -0.3 is 14.7 Å². The number of hydrogen-bond donors (Lipinski definition) is 1. The SMILES string of the molecule is COc1cc(C(C)N(C)c2cc(C)cc(C)c2)ccc1O. The molecule has 0 heterocycles. The minimum absolute atomic E-state index is 0.169. The second kappa shape index (κ2) is 6.08. The molecule has 0 bridgehead atoms. The number of ether oxygens (including phenoxy) is 1. The molecule has 2 rings (SSSR count). The van der Waals surface area contributed by atoms with Crippen LogP contribution in [0.4, 0.5) is 5.69 Å². The Morgan fingerprint density at radius 1 is 1.05 bits per heavy atom. The molecular weight excluding hydrogens is 262 g/mol. The average Bonchev–Trinajstić information content (AvgIpc) is 2.45. The number of aryl methyl sites for hydroxylation is 2. The number of nitrogens with zero attached hydrogens (tertiary/aromatic N) is 1. The standard InChI is InChI=1S/C18H23NO2/c1-12-8-13(2)10-16(9-12)19(4)14(3)15-6-7-17(20)18(11-15)21-5/h6-11,14,20H,1-5H3. The lowest BCUT2D eigenvalue weighted by molar-refractivity contribution is 0.372. The van der Waals surface area contributed by atoms with E-state index in [-0.39, 0.29) is 11.8 Å². The summed E-state index contributed by atoms with van der Waals surface area (Å²) < 4.78 is 5.19. The molecule has 112 valence electrons. The van der Waals surface area contributed by atoms with E-state index in [0.717, 1.165) is 5.56 Å². The molecule has 0 aliphatic carbocycles. The Kier molecular flexibility index (Phi) is 4.41. The fourth-order valence-electron chi connectivity index (χ4n) is 2.56. The van der Waals surface area contributed by atoms with E-state index in [1.807, 2.05) is 12.1 Å². The smallest absolute Gasteiger partial charge is 0.160 e. The summed E-state index contributed by atoms with van der Waals surface area (Å²) in [6, 6.07) is 12.2. The van der Waals surface area contributed by atoms with Crippen LogP contribution in [0.15, 0.2) is 36.4 Å². The second-order valence-electron chi connectivity index (χ2n) is 5.56. The summed E-state index contributed by atoms with van der Waals surface area (Å²) in [5.41, 5.74) is 4.80. The molecule has 1 atom stereocenters. The maximum Gasteiger partial charge on any atom is 0.160 e. The molecule has 3 nitrogen and oxygen atoms in total. The van der Waals surface area contributed by atoms with Gasteiger partial charge in [0.15, 0.2) is 11.5 Å². The van der Waals surface area contributed by atoms with Crippen molar-refractivity contribution in [2.45, 2.75) is 26.8 Å². The molecule has 0 fully saturated rings. The summed E-state index contributed by atoms with van der Waals surface area (Å²) in [5.74, 6) is 0.677. The second-order valence-corrected chi connectivity index (χ2v) is 5.56. The lowest BCUT2D eigenvalue weighted by Crippen LogP contribution is -2.21. The van der Waals surface area contributed by atoms with Crippen molar-refractivity contribution >= 4 is 5.69 Å². The summed E-state index contributed by atoms with van der Waals surface area (Å²) in [6.45, 7) is 6.36. The highest BCUT2D eigenvalue weighted by Crippen LogP contribution is 2.32. The van der Waals surface area contributed by atoms with Gasteiger partial charge in [0.25, 0.3) is 0 Å². The van der Waals surface area contributed by atoms with Crippen LogP contribution in [0.3, 0.4) is 0 Å². The molecule has 21 heavy (non-hydrogen) atoms. The number of rotatable bonds is 4. The minimum atomic E-state index is 0.169. The van der Waals surface area contributed by atoms with Gasteiger partial charge in [0, 0.05) is 12.7 Å². The highest BCUT2D eigenvalue weighted by atomic mass is 16.5. The lowest BCUT2D eigenvalue weighted by atomic mass is 10.0. The van der Waals surface area contributed by atoms with E-state index in [1.54, 1.807) is 13.2 Å². The average molecular weight is 285 g/mol. The summed E-state index contributed by atoms with van der Waals surface area (Å²) in [7, 11) is 3.65. The number of benzene rings is 2. The Bertz CT molecular complexity index is 617. The van der Waals surface area contributed by atoms with Crippen LogP contribution < -0.4 is 9.64 Å². The Balaban J connectivity index is 2.32. The molecule has 0 aliphatic heterocycles. The fraction of sp³-hybridized carbons (Fsp3) is 0.333. The largest absolute Gasteiger partial charge is 0.504 e. The lowest BCUT2D eigenvalue weighted by Gasteiger charge is -2.28. The summed E-state index contributed by atoms with van der Waals surface area (Å²) in [4.78, 5) is 2.23. The Morgan fingerprint density at radius 2 is 1.67 bits per heavy atom. The van der Waals surface area contributed by atoms with E-state index in [0.29, 0.717) is 5.75 Å². The quantitative estimate of drug-likeness (QED) is 0.913. The minimum Gasteiger partial charge on any atom is -0.504 e. The molecule has 0 aromatic heterocycles. The first-order valence-electron chi connectivity index (χ1n) is 7.10. The van der Waals surface area contributed by atoms with Crippen molar-refractivity contribution < 1.29 is 9.84 Å². The van der Waals surface area contributed by atoms with Crippen LogP contribution in [0.1, 0.15) is 29.7 Å². The number of hydrogen-bond acceptors (Lipinski definition) is 3. The van der Waals surface area contributed by atoms with Gasteiger partial charge in [0.05, 0.1) is 13.2 Å². The van der Waals surface area contributed by atoms with Crippen LogP contribution in [-0.2, 0) is 0 Å². The summed E-state index contributed by atoms with van der Waals surface area (Å²) in [5, 5.41) is 9.71. The molecule has 0 spiro atoms. The summed E-state index contributed by atoms with van der Waals surface area (Å²) in [6.07, 6.45) is 0. The van der Waals surface area contributed by atoms with Crippen LogP contribution in [0, 0.1) is 13.8 Å². The molecule has 1 N–H and O–H groups in total. The first kappa shape index (κ1) is 15.2. The van der Waals surface area contributed by atoms with Gasteiger partial charge >= 0.3 is 0 Å². The van der Waals surface area contributed by atoms with E-state index in [9.17, 15) is 5.11 Å². The zero-order valence-electron chi connectivity index (χ0n) is 13.3. The highest BCUT2D eigenvalue weighted by molar-refractivity contribution is 5.53. The molecule has 0 saturated carbocycles. The van der Waals surface area contributed by atoms with E-state index in [4.69, 9.17) is 4.74 Å². The van der Waals surface area contributed by atoms with Crippen molar-refractivity contribution in [1.82, 2.24) is 0 Å². The van der Waals surface area contributed by atoms with Gasteiger partial charge in [-0.25, -0.2) is 0 Å². The maximum atomic E-state index is 9.71. The van der Waals surface area contributed by atoms with Gasteiger partial charge in [-0.3, -0.25) is 0 Å². The van der Waals surface area contributed by atoms with Gasteiger partial charge in [-0.1, -0.05) is 12.1 Å².